The van der Waals surface area contributed by atoms with Gasteiger partial charge in [-0.15, -0.1) is 0 Å². The van der Waals surface area contributed by atoms with Gasteiger partial charge < -0.3 is 0 Å². The van der Waals surface area contributed by atoms with Crippen LogP contribution in [0.2, 0.25) is 0 Å². The summed E-state index contributed by atoms with van der Waals surface area (Å²) >= 11 is 0. The number of fused-ring (bicyclic) bond motifs is 2. The Labute approximate surface area is 121 Å². The van der Waals surface area contributed by atoms with E-state index in [1.807, 2.05) is 0 Å². The standard InChI is InChI=1S/C20H22/c1-4-15-9-10-20(2,3)14-19-13-17-8-6-5-7-16(17)12-18(19)11-15/h5-15H,4H2,1-3H3/b10-9-,18-11-,19-14-. The van der Waals surface area contributed by atoms with E-state index >= 15 is 0 Å². The van der Waals surface area contributed by atoms with Crippen LogP contribution >= 0.6 is 0 Å². The van der Waals surface area contributed by atoms with Gasteiger partial charge in [0.1, 0.15) is 0 Å². The third-order valence-corrected chi connectivity index (χ3v) is 4.12. The molecule has 3 rings (SSSR count). The first kappa shape index (κ1) is 13.2. The smallest absolute Gasteiger partial charge is 0.00138 e. The molecule has 0 saturated heterocycles. The Morgan fingerprint density at radius 1 is 1.00 bits per heavy atom. The van der Waals surface area contributed by atoms with Crippen molar-refractivity contribution in [1.82, 2.24) is 0 Å². The van der Waals surface area contributed by atoms with Crippen LogP contribution in [-0.2, 0) is 0 Å². The van der Waals surface area contributed by atoms with E-state index in [4.69, 9.17) is 0 Å². The number of hydrogen-bond donors (Lipinski definition) is 0. The van der Waals surface area contributed by atoms with Gasteiger partial charge in [0, 0.05) is 5.41 Å². The van der Waals surface area contributed by atoms with E-state index in [0.717, 1.165) is 6.42 Å². The molecule has 2 aromatic rings. The molecule has 0 amide bonds. The predicted octanol–water partition coefficient (Wildman–Crippen LogP) is 4.02. The summed E-state index contributed by atoms with van der Waals surface area (Å²) in [4.78, 5) is 0. The second-order valence-corrected chi connectivity index (χ2v) is 6.39. The Hall–Kier alpha value is -1.82. The van der Waals surface area contributed by atoms with Crippen LogP contribution in [0.1, 0.15) is 27.2 Å². The van der Waals surface area contributed by atoms with Crippen LogP contribution in [0.25, 0.3) is 22.9 Å². The van der Waals surface area contributed by atoms with Crippen molar-refractivity contribution in [2.75, 3.05) is 0 Å². The first-order valence-electron chi connectivity index (χ1n) is 7.50. The maximum atomic E-state index is 2.41. The molecule has 0 spiro atoms. The predicted molar refractivity (Wildman–Crippen MR) is 88.8 cm³/mol. The minimum Gasteiger partial charge on any atom is -0.0808 e. The van der Waals surface area contributed by atoms with Crippen molar-refractivity contribution in [1.29, 1.82) is 0 Å². The molecule has 1 unspecified atom stereocenters. The molecule has 0 radical (unpaired) electrons. The summed E-state index contributed by atoms with van der Waals surface area (Å²) in [5.74, 6) is 0.530. The fraction of sp³-hybridized carbons (Fsp3) is 0.300. The van der Waals surface area contributed by atoms with Crippen LogP contribution < -0.4 is 10.4 Å². The Balaban J connectivity index is 2.38. The molecule has 1 aliphatic carbocycles. The average Bonchev–Trinajstić information content (AvgIpc) is 2.41. The second kappa shape index (κ2) is 4.94. The first-order chi connectivity index (χ1) is 9.57. The van der Waals surface area contributed by atoms with Crippen molar-refractivity contribution in [3.8, 4) is 0 Å². The highest BCUT2D eigenvalue weighted by Crippen LogP contribution is 2.22. The van der Waals surface area contributed by atoms with E-state index in [0.29, 0.717) is 5.92 Å². The highest BCUT2D eigenvalue weighted by molar-refractivity contribution is 5.83. The van der Waals surface area contributed by atoms with Crippen molar-refractivity contribution in [3.63, 3.8) is 0 Å². The summed E-state index contributed by atoms with van der Waals surface area (Å²) in [6.45, 7) is 6.81. The quantitative estimate of drug-likeness (QED) is 0.681. The van der Waals surface area contributed by atoms with E-state index in [9.17, 15) is 0 Å². The van der Waals surface area contributed by atoms with Crippen molar-refractivity contribution >= 4 is 22.9 Å². The topological polar surface area (TPSA) is 0 Å². The lowest BCUT2D eigenvalue weighted by molar-refractivity contribution is 0.655. The Kier molecular flexibility index (Phi) is 3.25. The lowest BCUT2D eigenvalue weighted by Gasteiger charge is -2.18. The molecular formula is C20H22. The lowest BCUT2D eigenvalue weighted by atomic mass is 9.86. The summed E-state index contributed by atoms with van der Waals surface area (Å²) in [6.07, 6.45) is 10.6. The van der Waals surface area contributed by atoms with Gasteiger partial charge in [0.15, 0.2) is 0 Å². The van der Waals surface area contributed by atoms with Crippen LogP contribution in [0.4, 0.5) is 0 Å². The lowest BCUT2D eigenvalue weighted by Crippen LogP contribution is -2.29. The van der Waals surface area contributed by atoms with Gasteiger partial charge in [-0.3, -0.25) is 0 Å². The van der Waals surface area contributed by atoms with Crippen molar-refractivity contribution in [3.05, 3.63) is 59.0 Å². The zero-order chi connectivity index (χ0) is 14.2. The molecule has 1 aliphatic rings. The molecule has 0 heterocycles. The molecule has 0 aliphatic heterocycles. The number of hydrogen-bond acceptors (Lipinski definition) is 0. The molecule has 0 aromatic heterocycles. The zero-order valence-electron chi connectivity index (χ0n) is 12.6. The fourth-order valence-electron chi connectivity index (χ4n) is 2.91. The molecule has 0 bridgehead atoms. The third-order valence-electron chi connectivity index (χ3n) is 4.12. The maximum absolute atomic E-state index is 2.41. The fourth-order valence-corrected chi connectivity index (χ4v) is 2.91. The number of benzene rings is 2. The van der Waals surface area contributed by atoms with E-state index in [-0.39, 0.29) is 5.41 Å². The van der Waals surface area contributed by atoms with E-state index in [1.165, 1.54) is 21.2 Å². The molecule has 0 heteroatoms. The minimum absolute atomic E-state index is 0.110. The summed E-state index contributed by atoms with van der Waals surface area (Å²) in [7, 11) is 0. The SMILES string of the molecule is CCC1/C=C\C(C)(C)/C=c2/cc3ccccc3c/c2=C/1. The van der Waals surface area contributed by atoms with Gasteiger partial charge in [0.05, 0.1) is 0 Å². The molecule has 102 valence electrons. The molecular weight excluding hydrogens is 240 g/mol. The van der Waals surface area contributed by atoms with Gasteiger partial charge >= 0.3 is 0 Å². The Morgan fingerprint density at radius 3 is 2.30 bits per heavy atom. The Bertz CT molecular complexity index is 775. The first-order valence-corrected chi connectivity index (χ1v) is 7.50. The van der Waals surface area contributed by atoms with Gasteiger partial charge in [-0.05, 0) is 45.7 Å². The molecule has 2 aromatic carbocycles. The molecule has 1 atom stereocenters. The maximum Gasteiger partial charge on any atom is 0.00138 e. The summed E-state index contributed by atoms with van der Waals surface area (Å²) in [5, 5.41) is 5.38. The van der Waals surface area contributed by atoms with Gasteiger partial charge in [-0.1, -0.05) is 69.3 Å². The molecule has 0 saturated carbocycles. The Morgan fingerprint density at radius 2 is 1.65 bits per heavy atom. The van der Waals surface area contributed by atoms with E-state index in [2.05, 4.69) is 81.5 Å². The summed E-state index contributed by atoms with van der Waals surface area (Å²) in [5.41, 5.74) is 0.110. The summed E-state index contributed by atoms with van der Waals surface area (Å²) < 4.78 is 0. The number of allylic oxidation sites excluding steroid dienone is 2. The normalized spacial score (nSPS) is 25.4. The zero-order valence-corrected chi connectivity index (χ0v) is 12.6. The molecule has 0 fully saturated rings. The largest absolute Gasteiger partial charge is 0.0808 e. The van der Waals surface area contributed by atoms with Crippen LogP contribution in [0.15, 0.2) is 48.6 Å². The van der Waals surface area contributed by atoms with Crippen LogP contribution in [0.3, 0.4) is 0 Å². The highest BCUT2D eigenvalue weighted by atomic mass is 14.2. The van der Waals surface area contributed by atoms with Gasteiger partial charge in [0.25, 0.3) is 0 Å². The average molecular weight is 262 g/mol. The van der Waals surface area contributed by atoms with Crippen molar-refractivity contribution in [2.24, 2.45) is 11.3 Å². The highest BCUT2D eigenvalue weighted by Gasteiger charge is 2.12. The van der Waals surface area contributed by atoms with Crippen LogP contribution in [0.5, 0.6) is 0 Å². The molecule has 0 N–H and O–H groups in total. The van der Waals surface area contributed by atoms with E-state index < -0.39 is 0 Å². The number of rotatable bonds is 1. The van der Waals surface area contributed by atoms with Gasteiger partial charge in [-0.25, -0.2) is 0 Å². The van der Waals surface area contributed by atoms with Crippen molar-refractivity contribution < 1.29 is 0 Å². The van der Waals surface area contributed by atoms with Crippen LogP contribution in [0, 0.1) is 11.3 Å². The minimum atomic E-state index is 0.110. The molecule has 20 heavy (non-hydrogen) atoms. The van der Waals surface area contributed by atoms with Crippen molar-refractivity contribution in [2.45, 2.75) is 27.2 Å². The monoisotopic (exact) mass is 262 g/mol. The van der Waals surface area contributed by atoms with Crippen LogP contribution in [-0.4, -0.2) is 0 Å². The van der Waals surface area contributed by atoms with Gasteiger partial charge in [-0.2, -0.15) is 0 Å². The summed E-state index contributed by atoms with van der Waals surface area (Å²) in [6, 6.07) is 13.3. The second-order valence-electron chi connectivity index (χ2n) is 6.39. The molecule has 0 nitrogen and oxygen atoms in total. The third kappa shape index (κ3) is 2.56. The van der Waals surface area contributed by atoms with E-state index in [1.54, 1.807) is 0 Å². The van der Waals surface area contributed by atoms with Gasteiger partial charge in [0.2, 0.25) is 0 Å².